The van der Waals surface area contributed by atoms with E-state index in [0.29, 0.717) is 0 Å². The average molecular weight is 234 g/mol. The first kappa shape index (κ1) is 14.0. The molecular weight excluding hydrogens is 208 g/mol. The van der Waals surface area contributed by atoms with Crippen molar-refractivity contribution in [2.75, 3.05) is 18.8 Å². The van der Waals surface area contributed by atoms with Gasteiger partial charge in [0.15, 0.2) is 0 Å². The van der Waals surface area contributed by atoms with E-state index in [1.807, 2.05) is 12.1 Å². The molecule has 2 heteroatoms. The van der Waals surface area contributed by atoms with Gasteiger partial charge in [-0.05, 0) is 49.5 Å². The highest BCUT2D eigenvalue weighted by Gasteiger charge is 2.01. The molecule has 0 saturated carbocycles. The number of nitrogens with one attached hydrogen (secondary N) is 1. The summed E-state index contributed by atoms with van der Waals surface area (Å²) in [6, 6.07) is 8.20. The van der Waals surface area contributed by atoms with Crippen molar-refractivity contribution in [1.29, 1.82) is 0 Å². The molecule has 0 aromatic heterocycles. The summed E-state index contributed by atoms with van der Waals surface area (Å²) in [5.41, 5.74) is 7.88. The lowest BCUT2D eigenvalue weighted by atomic mass is 10.0. The number of rotatable bonds is 8. The zero-order valence-electron chi connectivity index (χ0n) is 11.2. The predicted octanol–water partition coefficient (Wildman–Crippen LogP) is 3.23. The largest absolute Gasteiger partial charge is 0.399 e. The second kappa shape index (κ2) is 8.13. The third-order valence-corrected chi connectivity index (χ3v) is 3.39. The number of nitrogen functional groups attached to an aromatic ring is 1. The molecule has 1 aromatic rings. The van der Waals surface area contributed by atoms with Crippen LogP contribution in [0.1, 0.15) is 38.7 Å². The lowest BCUT2D eigenvalue weighted by molar-refractivity contribution is 0.448. The van der Waals surface area contributed by atoms with Crippen molar-refractivity contribution < 1.29 is 0 Å². The molecule has 0 bridgehead atoms. The number of nitrogens with two attached hydrogens (primary N) is 1. The van der Waals surface area contributed by atoms with Crippen LogP contribution in [-0.2, 0) is 6.42 Å². The third-order valence-electron chi connectivity index (χ3n) is 3.39. The number of hydrogen-bond donors (Lipinski definition) is 2. The van der Waals surface area contributed by atoms with Crippen LogP contribution in [0.15, 0.2) is 24.3 Å². The van der Waals surface area contributed by atoms with E-state index in [4.69, 9.17) is 5.73 Å². The van der Waals surface area contributed by atoms with Gasteiger partial charge in [-0.1, -0.05) is 38.8 Å². The Kier molecular flexibility index (Phi) is 6.71. The van der Waals surface area contributed by atoms with E-state index in [0.717, 1.165) is 31.1 Å². The SMILES string of the molecule is CCC(CC)CNCCCc1ccc(N)cc1. The predicted molar refractivity (Wildman–Crippen MR) is 76.1 cm³/mol. The van der Waals surface area contributed by atoms with Gasteiger partial charge < -0.3 is 11.1 Å². The molecule has 0 heterocycles. The van der Waals surface area contributed by atoms with Gasteiger partial charge in [0.05, 0.1) is 0 Å². The van der Waals surface area contributed by atoms with Crippen molar-refractivity contribution in [3.8, 4) is 0 Å². The molecular formula is C15H26N2. The summed E-state index contributed by atoms with van der Waals surface area (Å²) < 4.78 is 0. The van der Waals surface area contributed by atoms with Gasteiger partial charge in [-0.2, -0.15) is 0 Å². The van der Waals surface area contributed by atoms with E-state index in [2.05, 4.69) is 31.3 Å². The highest BCUT2D eigenvalue weighted by atomic mass is 14.8. The van der Waals surface area contributed by atoms with Crippen LogP contribution in [0, 0.1) is 5.92 Å². The Labute approximate surface area is 106 Å². The molecule has 3 N–H and O–H groups in total. The molecule has 0 fully saturated rings. The summed E-state index contributed by atoms with van der Waals surface area (Å²) in [6.45, 7) is 6.81. The minimum atomic E-state index is 0.839. The van der Waals surface area contributed by atoms with Crippen LogP contribution in [-0.4, -0.2) is 13.1 Å². The standard InChI is InChI=1S/C15H26N2/c1-3-13(4-2)12-17-11-5-6-14-7-9-15(16)10-8-14/h7-10,13,17H,3-6,11-12,16H2,1-2H3. The summed E-state index contributed by atoms with van der Waals surface area (Å²) >= 11 is 0. The average Bonchev–Trinajstić information content (AvgIpc) is 2.36. The fourth-order valence-corrected chi connectivity index (χ4v) is 1.99. The van der Waals surface area contributed by atoms with Gasteiger partial charge in [-0.25, -0.2) is 0 Å². The van der Waals surface area contributed by atoms with E-state index in [-0.39, 0.29) is 0 Å². The number of anilines is 1. The molecule has 0 spiro atoms. The van der Waals surface area contributed by atoms with Crippen molar-refractivity contribution in [2.24, 2.45) is 5.92 Å². The minimum absolute atomic E-state index is 0.839. The van der Waals surface area contributed by atoms with E-state index in [1.54, 1.807) is 0 Å². The topological polar surface area (TPSA) is 38.0 Å². The molecule has 2 nitrogen and oxygen atoms in total. The van der Waals surface area contributed by atoms with Crippen molar-refractivity contribution >= 4 is 5.69 Å². The number of aryl methyl sites for hydroxylation is 1. The summed E-state index contributed by atoms with van der Waals surface area (Å²) in [7, 11) is 0. The van der Waals surface area contributed by atoms with Gasteiger partial charge >= 0.3 is 0 Å². The Hall–Kier alpha value is -1.02. The Morgan fingerprint density at radius 3 is 2.35 bits per heavy atom. The first-order valence-electron chi connectivity index (χ1n) is 6.81. The van der Waals surface area contributed by atoms with Crippen LogP contribution in [0.5, 0.6) is 0 Å². The summed E-state index contributed by atoms with van der Waals surface area (Å²) in [5.74, 6) is 0.839. The van der Waals surface area contributed by atoms with Crippen LogP contribution in [0.2, 0.25) is 0 Å². The zero-order valence-corrected chi connectivity index (χ0v) is 11.2. The minimum Gasteiger partial charge on any atom is -0.399 e. The van der Waals surface area contributed by atoms with Crippen molar-refractivity contribution in [2.45, 2.75) is 39.5 Å². The monoisotopic (exact) mass is 234 g/mol. The maximum absolute atomic E-state index is 5.65. The normalized spacial score (nSPS) is 11.0. The van der Waals surface area contributed by atoms with E-state index in [9.17, 15) is 0 Å². The Morgan fingerprint density at radius 1 is 1.12 bits per heavy atom. The molecule has 0 aliphatic heterocycles. The molecule has 1 aromatic carbocycles. The van der Waals surface area contributed by atoms with Crippen LogP contribution in [0.25, 0.3) is 0 Å². The highest BCUT2D eigenvalue weighted by Crippen LogP contribution is 2.08. The van der Waals surface area contributed by atoms with Crippen LogP contribution in [0.4, 0.5) is 5.69 Å². The quantitative estimate of drug-likeness (QED) is 0.535. The lowest BCUT2D eigenvalue weighted by Gasteiger charge is -2.13. The molecule has 0 amide bonds. The Balaban J connectivity index is 2.10. The molecule has 1 rings (SSSR count). The van der Waals surface area contributed by atoms with Crippen molar-refractivity contribution in [1.82, 2.24) is 5.32 Å². The molecule has 0 saturated heterocycles. The summed E-state index contributed by atoms with van der Waals surface area (Å²) in [6.07, 6.45) is 4.89. The van der Waals surface area contributed by atoms with Gasteiger partial charge in [0, 0.05) is 5.69 Å². The molecule has 0 aliphatic rings. The lowest BCUT2D eigenvalue weighted by Crippen LogP contribution is -2.23. The van der Waals surface area contributed by atoms with Gasteiger partial charge in [-0.3, -0.25) is 0 Å². The van der Waals surface area contributed by atoms with Gasteiger partial charge in [0.2, 0.25) is 0 Å². The van der Waals surface area contributed by atoms with Crippen molar-refractivity contribution in [3.63, 3.8) is 0 Å². The molecule has 17 heavy (non-hydrogen) atoms. The van der Waals surface area contributed by atoms with E-state index >= 15 is 0 Å². The maximum Gasteiger partial charge on any atom is 0.0314 e. The number of benzene rings is 1. The second-order valence-electron chi connectivity index (χ2n) is 4.73. The molecule has 0 atom stereocenters. The molecule has 0 radical (unpaired) electrons. The first-order chi connectivity index (χ1) is 8.26. The second-order valence-corrected chi connectivity index (χ2v) is 4.73. The highest BCUT2D eigenvalue weighted by molar-refractivity contribution is 5.39. The smallest absolute Gasteiger partial charge is 0.0314 e. The van der Waals surface area contributed by atoms with E-state index < -0.39 is 0 Å². The molecule has 0 unspecified atom stereocenters. The van der Waals surface area contributed by atoms with Gasteiger partial charge in [0.25, 0.3) is 0 Å². The fourth-order valence-electron chi connectivity index (χ4n) is 1.99. The maximum atomic E-state index is 5.65. The van der Waals surface area contributed by atoms with Gasteiger partial charge in [-0.15, -0.1) is 0 Å². The van der Waals surface area contributed by atoms with Crippen LogP contribution >= 0.6 is 0 Å². The Bertz CT molecular complexity index is 288. The van der Waals surface area contributed by atoms with E-state index in [1.165, 1.54) is 24.8 Å². The fraction of sp³-hybridized carbons (Fsp3) is 0.600. The first-order valence-corrected chi connectivity index (χ1v) is 6.81. The summed E-state index contributed by atoms with van der Waals surface area (Å²) in [4.78, 5) is 0. The van der Waals surface area contributed by atoms with Crippen molar-refractivity contribution in [3.05, 3.63) is 29.8 Å². The molecule has 96 valence electrons. The van der Waals surface area contributed by atoms with Crippen LogP contribution in [0.3, 0.4) is 0 Å². The Morgan fingerprint density at radius 2 is 1.76 bits per heavy atom. The zero-order chi connectivity index (χ0) is 12.5. The molecule has 0 aliphatic carbocycles. The third kappa shape index (κ3) is 5.73. The van der Waals surface area contributed by atoms with Crippen LogP contribution < -0.4 is 11.1 Å². The van der Waals surface area contributed by atoms with Gasteiger partial charge in [0.1, 0.15) is 0 Å². The summed E-state index contributed by atoms with van der Waals surface area (Å²) in [5, 5.41) is 3.54. The number of hydrogen-bond acceptors (Lipinski definition) is 2.